The summed E-state index contributed by atoms with van der Waals surface area (Å²) in [6.07, 6.45) is 0. The number of hydrogen-bond donors (Lipinski definition) is 0. The first-order chi connectivity index (χ1) is 7.40. The first-order valence-electron chi connectivity index (χ1n) is 5.04. The molecule has 0 aromatic heterocycles. The van der Waals surface area contributed by atoms with Crippen molar-refractivity contribution in [3.8, 4) is 11.5 Å². The third kappa shape index (κ3) is 2.34. The van der Waals surface area contributed by atoms with Crippen LogP contribution in [0.1, 0.15) is 9.67 Å². The van der Waals surface area contributed by atoms with E-state index in [1.807, 2.05) is 0 Å². The quantitative estimate of drug-likeness (QED) is 0.768. The summed E-state index contributed by atoms with van der Waals surface area (Å²) in [6, 6.07) is 4.81. The normalized spacial score (nSPS) is 18.8. The second-order valence-corrected chi connectivity index (χ2v) is 5.46. The molecule has 0 radical (unpaired) electrons. The maximum atomic E-state index is 11.9. The average molecular weight is 262 g/mol. The van der Waals surface area contributed by atoms with Gasteiger partial charge in [-0.3, -0.25) is 0 Å². The molecule has 0 spiro atoms. The Morgan fingerprint density at radius 2 is 2.14 bits per heavy atom. The molecule has 0 bridgehead atoms. The number of methoxy groups -OCH3 is 2. The Hall–Kier alpha value is -0.861. The second-order valence-electron chi connectivity index (χ2n) is 2.49. The summed E-state index contributed by atoms with van der Waals surface area (Å²) < 4.78 is 37.3. The molecular weight excluding hydrogens is 247 g/mol. The molecule has 2 atom stereocenters. The van der Waals surface area contributed by atoms with Crippen LogP contribution in [0.2, 0.25) is 5.27 Å². The van der Waals surface area contributed by atoms with Gasteiger partial charge in [-0.05, 0) is 0 Å². The molecule has 0 heterocycles. The summed E-state index contributed by atoms with van der Waals surface area (Å²) in [5.41, 5.74) is 0. The van der Waals surface area contributed by atoms with E-state index in [0.717, 1.165) is 0 Å². The van der Waals surface area contributed by atoms with E-state index in [9.17, 15) is 3.83 Å². The summed E-state index contributed by atoms with van der Waals surface area (Å²) in [5, 5.41) is -1.68. The Morgan fingerprint density at radius 3 is 2.64 bits per heavy atom. The molecule has 0 N–H and O–H groups in total. The first kappa shape index (κ1) is 8.45. The van der Waals surface area contributed by atoms with Crippen molar-refractivity contribution >= 4 is 18.3 Å². The molecule has 3 nitrogen and oxygen atoms in total. The van der Waals surface area contributed by atoms with Gasteiger partial charge in [0.05, 0.1) is 0 Å². The Kier molecular flexibility index (Phi) is 3.09. The summed E-state index contributed by atoms with van der Waals surface area (Å²) >= 11 is -2.73. The maximum absolute atomic E-state index is 11.9. The van der Waals surface area contributed by atoms with Crippen LogP contribution in [-0.2, 0) is 3.83 Å². The van der Waals surface area contributed by atoms with Crippen LogP contribution in [-0.4, -0.2) is 28.1 Å². The van der Waals surface area contributed by atoms with Gasteiger partial charge in [-0.2, -0.15) is 0 Å². The minimum atomic E-state index is -2.73. The van der Waals surface area contributed by atoms with Crippen LogP contribution in [0.5, 0.6) is 11.5 Å². The van der Waals surface area contributed by atoms with E-state index in [0.29, 0.717) is 16.0 Å². The Balaban J connectivity index is 3.13. The van der Waals surface area contributed by atoms with Gasteiger partial charge in [0.15, 0.2) is 0 Å². The summed E-state index contributed by atoms with van der Waals surface area (Å²) in [5.74, 6) is 1.01. The molecule has 0 fully saturated rings. The van der Waals surface area contributed by atoms with E-state index in [1.54, 1.807) is 18.2 Å². The third-order valence-corrected chi connectivity index (χ3v) is 3.96. The second kappa shape index (κ2) is 5.13. The molecule has 78 valence electrons. The van der Waals surface area contributed by atoms with Crippen molar-refractivity contribution < 1.29 is 16.0 Å². The zero-order valence-electron chi connectivity index (χ0n) is 10.4. The van der Waals surface area contributed by atoms with Crippen LogP contribution >= 0.6 is 0 Å². The van der Waals surface area contributed by atoms with E-state index < -0.39 is 19.1 Å². The van der Waals surface area contributed by atoms with E-state index in [4.69, 9.17) is 12.2 Å². The molecule has 1 aromatic rings. The molecule has 0 saturated carbocycles. The molecule has 0 amide bonds. The third-order valence-electron chi connectivity index (χ3n) is 1.75. The topological polar surface area (TPSA) is 35.5 Å². The van der Waals surface area contributed by atoms with E-state index in [-0.39, 0.29) is 0 Å². The molecule has 0 aliphatic heterocycles. The van der Waals surface area contributed by atoms with Crippen LogP contribution in [0, 0.1) is 0 Å². The van der Waals surface area contributed by atoms with Crippen molar-refractivity contribution in [2.24, 2.45) is 0 Å². The summed E-state index contributed by atoms with van der Waals surface area (Å²) in [7, 11) is 3.00. The van der Waals surface area contributed by atoms with Crippen molar-refractivity contribution in [1.82, 2.24) is 0 Å². The molecule has 0 aliphatic rings. The van der Waals surface area contributed by atoms with Gasteiger partial charge in [-0.15, -0.1) is 0 Å². The zero-order valence-corrected chi connectivity index (χ0v) is 10.1. The predicted molar refractivity (Wildman–Crippen MR) is 56.1 cm³/mol. The van der Waals surface area contributed by atoms with Gasteiger partial charge in [0.25, 0.3) is 0 Å². The van der Waals surface area contributed by atoms with Gasteiger partial charge < -0.3 is 0 Å². The molecule has 0 aliphatic carbocycles. The van der Waals surface area contributed by atoms with Crippen LogP contribution in [0.25, 0.3) is 0 Å². The fourth-order valence-electron chi connectivity index (χ4n) is 1.05. The molecule has 0 saturated heterocycles. The Labute approximate surface area is 90.9 Å². The van der Waals surface area contributed by atoms with Crippen molar-refractivity contribution in [2.45, 2.75) is 12.2 Å². The molecule has 4 heteroatoms. The van der Waals surface area contributed by atoms with E-state index in [1.165, 1.54) is 21.1 Å². The van der Waals surface area contributed by atoms with Crippen molar-refractivity contribution in [1.29, 1.82) is 0 Å². The molecule has 1 aromatic carbocycles. The molecule has 1 unspecified atom stereocenters. The van der Waals surface area contributed by atoms with Gasteiger partial charge >= 0.3 is 90.5 Å². The Morgan fingerprint density at radius 1 is 1.50 bits per heavy atom. The van der Waals surface area contributed by atoms with Crippen LogP contribution < -0.4 is 13.9 Å². The number of rotatable bonds is 4. The summed E-state index contributed by atoms with van der Waals surface area (Å²) in [6.45, 7) is 1.32. The first-order valence-corrected chi connectivity index (χ1v) is 6.45. The van der Waals surface area contributed by atoms with Crippen LogP contribution in [0.15, 0.2) is 18.2 Å². The van der Waals surface area contributed by atoms with Gasteiger partial charge in [0.2, 0.25) is 0 Å². The number of benzene rings is 1. The average Bonchev–Trinajstić information content (AvgIpc) is 2.25. The van der Waals surface area contributed by atoms with Crippen LogP contribution in [0.3, 0.4) is 0 Å². The number of ether oxygens (including phenoxy) is 2. The number of hydrogen-bond acceptors (Lipinski definition) is 3. The van der Waals surface area contributed by atoms with Gasteiger partial charge in [0, 0.05) is 0 Å². The van der Waals surface area contributed by atoms with Gasteiger partial charge in [-0.1, -0.05) is 0 Å². The molecular formula is C10H14O3Se. The molecule has 14 heavy (non-hydrogen) atoms. The Bertz CT molecular complexity index is 402. The predicted octanol–water partition coefficient (Wildman–Crippen LogP) is 1.35. The fraction of sp³-hybridized carbons (Fsp3) is 0.400. The SMILES string of the molecule is [1H][C@]([2H])(C)[Se](=O)c1ccc(OC)c(OC)c1. The molecule has 1 rings (SSSR count). The minimum absolute atomic E-state index is 0.467. The van der Waals surface area contributed by atoms with Crippen molar-refractivity contribution in [2.75, 3.05) is 14.2 Å². The standard InChI is InChI=1S/C10H14O3Se/c1-4-14(11)8-5-6-9(12-2)10(7-8)13-3/h5-7H,4H2,1-3H3/i4DH/t4-,14?/m0/s1. The van der Waals surface area contributed by atoms with Gasteiger partial charge in [0.1, 0.15) is 0 Å². The fourth-order valence-corrected chi connectivity index (χ4v) is 2.40. The van der Waals surface area contributed by atoms with Gasteiger partial charge in [-0.25, -0.2) is 0 Å². The monoisotopic (exact) mass is 263 g/mol. The zero-order chi connectivity index (χ0) is 12.3. The van der Waals surface area contributed by atoms with Crippen LogP contribution in [0.4, 0.5) is 0 Å². The van der Waals surface area contributed by atoms with Crippen molar-refractivity contribution in [3.05, 3.63) is 18.2 Å². The van der Waals surface area contributed by atoms with E-state index >= 15 is 0 Å². The van der Waals surface area contributed by atoms with Crippen molar-refractivity contribution in [3.63, 3.8) is 0 Å². The summed E-state index contributed by atoms with van der Waals surface area (Å²) in [4.78, 5) is 0. The van der Waals surface area contributed by atoms with E-state index in [2.05, 4.69) is 0 Å².